The van der Waals surface area contributed by atoms with E-state index in [4.69, 9.17) is 19.3 Å². The number of unbranched alkanes of at least 4 members (excludes halogenated alkanes) is 1. The quantitative estimate of drug-likeness (QED) is 0.244. The minimum Gasteiger partial charge on any atom is -0.478 e. The summed E-state index contributed by atoms with van der Waals surface area (Å²) >= 11 is 0. The summed E-state index contributed by atoms with van der Waals surface area (Å²) < 4.78 is 16.0. The molecule has 0 atom stereocenters. The zero-order valence-corrected chi connectivity index (χ0v) is 13.6. The molecule has 0 spiro atoms. The van der Waals surface area contributed by atoms with Gasteiger partial charge in [0.15, 0.2) is 0 Å². The van der Waals surface area contributed by atoms with E-state index in [0.717, 1.165) is 25.5 Å². The van der Waals surface area contributed by atoms with E-state index >= 15 is 0 Å². The largest absolute Gasteiger partial charge is 0.478 e. The minimum atomic E-state index is -1.20. The van der Waals surface area contributed by atoms with Crippen molar-refractivity contribution < 1.29 is 33.7 Å². The van der Waals surface area contributed by atoms with Crippen molar-refractivity contribution >= 4 is 11.9 Å². The van der Waals surface area contributed by atoms with Crippen molar-refractivity contribution in [2.75, 3.05) is 46.2 Å². The van der Waals surface area contributed by atoms with E-state index in [-0.39, 0.29) is 0 Å². The van der Waals surface area contributed by atoms with Crippen LogP contribution in [0.2, 0.25) is 0 Å². The van der Waals surface area contributed by atoms with Gasteiger partial charge >= 0.3 is 11.9 Å². The van der Waals surface area contributed by atoms with Crippen molar-refractivity contribution in [3.05, 3.63) is 12.2 Å². The summed E-state index contributed by atoms with van der Waals surface area (Å²) in [5, 5.41) is 8.31. The molecule has 0 aromatic carbocycles. The summed E-state index contributed by atoms with van der Waals surface area (Å²) in [5.74, 6) is -1.96. The van der Waals surface area contributed by atoms with Gasteiger partial charge in [-0.25, -0.2) is 9.59 Å². The molecule has 23 heavy (non-hydrogen) atoms. The molecule has 0 aromatic heterocycles. The molecule has 0 bridgehead atoms. The maximum atomic E-state index is 11.0. The van der Waals surface area contributed by atoms with Gasteiger partial charge in [0.05, 0.1) is 26.4 Å². The molecule has 0 amide bonds. The first-order chi connectivity index (χ1) is 11.2. The molecule has 0 rings (SSSR count). The maximum Gasteiger partial charge on any atom is 0.349 e. The number of carboxylic acid groups (broad SMARTS) is 1. The summed E-state index contributed by atoms with van der Waals surface area (Å²) in [6, 6.07) is 0. The van der Waals surface area contributed by atoms with Gasteiger partial charge in [-0.2, -0.15) is 5.48 Å². The Hall–Kier alpha value is -1.48. The fourth-order valence-electron chi connectivity index (χ4n) is 1.33. The third kappa shape index (κ3) is 18.5. The van der Waals surface area contributed by atoms with Crippen molar-refractivity contribution in [2.45, 2.75) is 26.2 Å². The first kappa shape index (κ1) is 21.5. The van der Waals surface area contributed by atoms with E-state index < -0.39 is 11.9 Å². The van der Waals surface area contributed by atoms with Gasteiger partial charge in [0, 0.05) is 31.9 Å². The average Bonchev–Trinajstić information content (AvgIpc) is 2.53. The van der Waals surface area contributed by atoms with Crippen LogP contribution in [0.15, 0.2) is 12.2 Å². The second-order valence-corrected chi connectivity index (χ2v) is 4.53. The third-order valence-electron chi connectivity index (χ3n) is 2.49. The maximum absolute atomic E-state index is 11.0. The van der Waals surface area contributed by atoms with Gasteiger partial charge in [-0.05, 0) is 12.8 Å². The standard InChI is InChI=1S/C15H27NO7/c1-2-3-8-20-10-12-22-13-11-21-9-4-7-16-23-15(19)6-5-14(17)18/h5-6,16H,2-4,7-13H2,1H3,(H,17,18)/b6-5-. The van der Waals surface area contributed by atoms with Gasteiger partial charge in [-0.1, -0.05) is 13.3 Å². The molecule has 0 unspecified atom stereocenters. The Balaban J connectivity index is 3.16. The van der Waals surface area contributed by atoms with E-state index in [1.54, 1.807) is 0 Å². The number of hydrogen-bond acceptors (Lipinski definition) is 7. The first-order valence-corrected chi connectivity index (χ1v) is 7.74. The van der Waals surface area contributed by atoms with E-state index in [2.05, 4.69) is 17.2 Å². The van der Waals surface area contributed by atoms with Gasteiger partial charge in [-0.3, -0.25) is 0 Å². The molecule has 0 aromatic rings. The van der Waals surface area contributed by atoms with Crippen LogP contribution >= 0.6 is 0 Å². The number of aliphatic carboxylic acids is 1. The Bertz CT molecular complexity index is 334. The second kappa shape index (κ2) is 16.9. The number of carbonyl (C=O) groups excluding carboxylic acids is 1. The SMILES string of the molecule is CCCCOCCOCCOCCCNOC(=O)/C=C\C(=O)O. The molecule has 8 nitrogen and oxygen atoms in total. The Labute approximate surface area is 136 Å². The van der Waals surface area contributed by atoms with Crippen molar-refractivity contribution in [1.29, 1.82) is 0 Å². The van der Waals surface area contributed by atoms with Crippen LogP contribution in [0.5, 0.6) is 0 Å². The molecular formula is C15H27NO7. The van der Waals surface area contributed by atoms with Crippen LogP contribution in [0.4, 0.5) is 0 Å². The molecule has 0 aliphatic carbocycles. The monoisotopic (exact) mass is 333 g/mol. The number of hydrogen-bond donors (Lipinski definition) is 2. The highest BCUT2D eigenvalue weighted by Crippen LogP contribution is 1.88. The lowest BCUT2D eigenvalue weighted by molar-refractivity contribution is -0.145. The third-order valence-corrected chi connectivity index (χ3v) is 2.49. The van der Waals surface area contributed by atoms with Crippen molar-refractivity contribution in [2.24, 2.45) is 0 Å². The van der Waals surface area contributed by atoms with Crippen LogP contribution in [0.3, 0.4) is 0 Å². The van der Waals surface area contributed by atoms with Crippen LogP contribution in [0, 0.1) is 0 Å². The molecule has 0 saturated heterocycles. The number of hydroxylamine groups is 1. The molecule has 0 radical (unpaired) electrons. The summed E-state index contributed by atoms with van der Waals surface area (Å²) in [6.45, 7) is 5.99. The molecule has 0 saturated carbocycles. The van der Waals surface area contributed by atoms with Gasteiger partial charge in [-0.15, -0.1) is 0 Å². The summed E-state index contributed by atoms with van der Waals surface area (Å²) in [7, 11) is 0. The highest BCUT2D eigenvalue weighted by Gasteiger charge is 1.98. The van der Waals surface area contributed by atoms with Crippen molar-refractivity contribution in [1.82, 2.24) is 5.48 Å². The molecule has 134 valence electrons. The number of carboxylic acids is 1. The Kier molecular flexibility index (Phi) is 15.8. The van der Waals surface area contributed by atoms with Crippen molar-refractivity contribution in [3.8, 4) is 0 Å². The summed E-state index contributed by atoms with van der Waals surface area (Å²) in [5.41, 5.74) is 2.42. The van der Waals surface area contributed by atoms with E-state index in [1.165, 1.54) is 0 Å². The van der Waals surface area contributed by atoms with Gasteiger partial charge < -0.3 is 24.2 Å². The minimum absolute atomic E-state index is 0.415. The van der Waals surface area contributed by atoms with Crippen LogP contribution in [0.1, 0.15) is 26.2 Å². The zero-order chi connectivity index (χ0) is 17.2. The van der Waals surface area contributed by atoms with Crippen LogP contribution in [0.25, 0.3) is 0 Å². The number of nitrogens with one attached hydrogen (secondary N) is 1. The van der Waals surface area contributed by atoms with Gasteiger partial charge in [0.2, 0.25) is 0 Å². The molecular weight excluding hydrogens is 306 g/mol. The fourth-order valence-corrected chi connectivity index (χ4v) is 1.33. The number of rotatable bonds is 16. The lowest BCUT2D eigenvalue weighted by Crippen LogP contribution is -2.21. The topological polar surface area (TPSA) is 103 Å². The zero-order valence-electron chi connectivity index (χ0n) is 13.6. The van der Waals surface area contributed by atoms with Crippen molar-refractivity contribution in [3.63, 3.8) is 0 Å². The second-order valence-electron chi connectivity index (χ2n) is 4.53. The predicted octanol–water partition coefficient (Wildman–Crippen LogP) is 0.915. The summed E-state index contributed by atoms with van der Waals surface area (Å²) in [4.78, 5) is 25.7. The first-order valence-electron chi connectivity index (χ1n) is 7.74. The van der Waals surface area contributed by atoms with Gasteiger partial charge in [0.1, 0.15) is 0 Å². The Morgan fingerprint density at radius 3 is 2.04 bits per heavy atom. The molecule has 0 fully saturated rings. The summed E-state index contributed by atoms with van der Waals surface area (Å²) in [6.07, 6.45) is 4.39. The average molecular weight is 333 g/mol. The van der Waals surface area contributed by atoms with Crippen LogP contribution in [-0.4, -0.2) is 63.2 Å². The van der Waals surface area contributed by atoms with Crippen LogP contribution in [-0.2, 0) is 28.6 Å². The molecule has 0 heterocycles. The van der Waals surface area contributed by atoms with Gasteiger partial charge in [0.25, 0.3) is 0 Å². The highest BCUT2D eigenvalue weighted by atomic mass is 16.7. The predicted molar refractivity (Wildman–Crippen MR) is 82.9 cm³/mol. The highest BCUT2D eigenvalue weighted by molar-refractivity contribution is 5.90. The lowest BCUT2D eigenvalue weighted by atomic mass is 10.4. The normalized spacial score (nSPS) is 11.0. The number of carbonyl (C=O) groups is 2. The molecule has 0 aliphatic heterocycles. The van der Waals surface area contributed by atoms with E-state index in [1.807, 2.05) is 0 Å². The number of ether oxygens (including phenoxy) is 3. The Morgan fingerprint density at radius 1 is 0.913 bits per heavy atom. The van der Waals surface area contributed by atoms with E-state index in [9.17, 15) is 9.59 Å². The molecule has 2 N–H and O–H groups in total. The Morgan fingerprint density at radius 2 is 1.48 bits per heavy atom. The van der Waals surface area contributed by atoms with Crippen LogP contribution < -0.4 is 5.48 Å². The lowest BCUT2D eigenvalue weighted by Gasteiger charge is -2.07. The molecule has 0 aliphatic rings. The van der Waals surface area contributed by atoms with E-state index in [0.29, 0.717) is 52.1 Å². The molecule has 8 heteroatoms. The fraction of sp³-hybridized carbons (Fsp3) is 0.733. The smallest absolute Gasteiger partial charge is 0.349 e.